The number of aryl methyl sites for hydroxylation is 1. The molecule has 1 fully saturated rings. The van der Waals surface area contributed by atoms with E-state index >= 15 is 0 Å². The molecule has 0 radical (unpaired) electrons. The molecule has 0 saturated carbocycles. The van der Waals surface area contributed by atoms with Gasteiger partial charge in [-0.15, -0.1) is 17.5 Å². The summed E-state index contributed by atoms with van der Waals surface area (Å²) in [6.07, 6.45) is 0.981. The third kappa shape index (κ3) is 4.24. The topological polar surface area (TPSA) is 50.1 Å². The first-order valence-corrected chi connectivity index (χ1v) is 9.20. The lowest BCUT2D eigenvalue weighted by Gasteiger charge is -2.38. The molecule has 144 valence electrons. The fraction of sp³-hybridized carbons (Fsp3) is 0.632. The Morgan fingerprint density at radius 2 is 1.69 bits per heavy atom. The largest absolute Gasteiger partial charge is 0.304 e. The molecule has 1 aliphatic heterocycles. The molecule has 3 rings (SSSR count). The molecule has 6 nitrogen and oxygen atoms in total. The Morgan fingerprint density at radius 1 is 1.08 bits per heavy atom. The number of nitrogens with zero attached hydrogens (tertiary/aromatic N) is 6. The molecule has 0 aliphatic carbocycles. The van der Waals surface area contributed by atoms with E-state index in [-0.39, 0.29) is 24.0 Å². The Hall–Kier alpha value is -1.50. The Morgan fingerprint density at radius 3 is 2.27 bits per heavy atom. The van der Waals surface area contributed by atoms with Crippen molar-refractivity contribution in [3.8, 4) is 0 Å². The fourth-order valence-electron chi connectivity index (χ4n) is 3.30. The maximum atomic E-state index is 4.47. The van der Waals surface area contributed by atoms with Crippen molar-refractivity contribution in [2.24, 2.45) is 0 Å². The van der Waals surface area contributed by atoms with E-state index in [2.05, 4.69) is 84.3 Å². The van der Waals surface area contributed by atoms with E-state index < -0.39 is 0 Å². The maximum absolute atomic E-state index is 4.47. The van der Waals surface area contributed by atoms with Crippen LogP contribution < -0.4 is 0 Å². The van der Waals surface area contributed by atoms with Crippen LogP contribution in [0.5, 0.6) is 0 Å². The minimum atomic E-state index is -0.103. The van der Waals surface area contributed by atoms with Crippen molar-refractivity contribution in [2.75, 3.05) is 33.2 Å². The van der Waals surface area contributed by atoms with Gasteiger partial charge in [0.2, 0.25) is 0 Å². The van der Waals surface area contributed by atoms with Crippen LogP contribution >= 0.6 is 12.4 Å². The Kier molecular flexibility index (Phi) is 6.77. The molecule has 1 aromatic carbocycles. The summed E-state index contributed by atoms with van der Waals surface area (Å²) in [5.41, 5.74) is 2.43. The van der Waals surface area contributed by atoms with E-state index in [4.69, 9.17) is 0 Å². The molecule has 26 heavy (non-hydrogen) atoms. The number of aromatic nitrogens is 4. The van der Waals surface area contributed by atoms with Crippen molar-refractivity contribution in [1.82, 2.24) is 30.0 Å². The fourth-order valence-corrected chi connectivity index (χ4v) is 3.30. The summed E-state index contributed by atoms with van der Waals surface area (Å²) in [7, 11) is 2.18. The highest BCUT2D eigenvalue weighted by Crippen LogP contribution is 2.31. The quantitative estimate of drug-likeness (QED) is 0.800. The lowest BCUT2D eigenvalue weighted by atomic mass is 9.98. The molecule has 2 heterocycles. The molecular weight excluding hydrogens is 348 g/mol. The molecular formula is C19H31ClN6. The maximum Gasteiger partial charge on any atom is 0.173 e. The molecule has 0 bridgehead atoms. The molecule has 0 spiro atoms. The highest BCUT2D eigenvalue weighted by atomic mass is 35.5. The zero-order valence-electron chi connectivity index (χ0n) is 16.5. The minimum Gasteiger partial charge on any atom is -0.304 e. The predicted octanol–water partition coefficient (Wildman–Crippen LogP) is 2.89. The van der Waals surface area contributed by atoms with E-state index in [1.54, 1.807) is 0 Å². The minimum absolute atomic E-state index is 0. The lowest BCUT2D eigenvalue weighted by Crippen LogP contribution is -2.47. The average Bonchev–Trinajstić information content (AvgIpc) is 3.09. The first-order valence-electron chi connectivity index (χ1n) is 9.20. The molecule has 1 aromatic heterocycles. The van der Waals surface area contributed by atoms with Crippen LogP contribution in [0.2, 0.25) is 0 Å². The van der Waals surface area contributed by atoms with E-state index in [9.17, 15) is 0 Å². The first-order chi connectivity index (χ1) is 11.9. The molecule has 1 unspecified atom stereocenters. The summed E-state index contributed by atoms with van der Waals surface area (Å²) in [5, 5.41) is 12.9. The van der Waals surface area contributed by atoms with Gasteiger partial charge in [0.25, 0.3) is 0 Å². The van der Waals surface area contributed by atoms with Gasteiger partial charge in [0.15, 0.2) is 5.82 Å². The summed E-state index contributed by atoms with van der Waals surface area (Å²) in [6, 6.07) is 8.89. The number of hydrogen-bond donors (Lipinski definition) is 0. The standard InChI is InChI=1S/C19H30N6.ClH/c1-6-19(3,4)25-18(20-21-22-25)17(16-9-7-15(2)8-10-16)24-13-11-23(5)12-14-24;/h7-10,17H,6,11-14H2,1-5H3;1H. The summed E-state index contributed by atoms with van der Waals surface area (Å²) >= 11 is 0. The van der Waals surface area contributed by atoms with Crippen molar-refractivity contribution in [3.63, 3.8) is 0 Å². The normalized spacial score (nSPS) is 17.7. The smallest absolute Gasteiger partial charge is 0.173 e. The first kappa shape index (κ1) is 20.8. The van der Waals surface area contributed by atoms with Crippen LogP contribution in [0.25, 0.3) is 0 Å². The van der Waals surface area contributed by atoms with E-state index in [1.165, 1.54) is 11.1 Å². The van der Waals surface area contributed by atoms with E-state index in [0.717, 1.165) is 38.4 Å². The Labute approximate surface area is 163 Å². The Balaban J connectivity index is 0.00000243. The summed E-state index contributed by atoms with van der Waals surface area (Å²) in [6.45, 7) is 12.9. The number of halogens is 1. The van der Waals surface area contributed by atoms with Gasteiger partial charge in [-0.05, 0) is 50.2 Å². The van der Waals surface area contributed by atoms with Crippen molar-refractivity contribution in [1.29, 1.82) is 0 Å². The van der Waals surface area contributed by atoms with Crippen LogP contribution in [0.3, 0.4) is 0 Å². The third-order valence-electron chi connectivity index (χ3n) is 5.47. The molecule has 1 saturated heterocycles. The van der Waals surface area contributed by atoms with Crippen molar-refractivity contribution in [3.05, 3.63) is 41.2 Å². The highest BCUT2D eigenvalue weighted by molar-refractivity contribution is 5.85. The van der Waals surface area contributed by atoms with E-state index in [1.807, 2.05) is 4.68 Å². The molecule has 0 N–H and O–H groups in total. The number of rotatable bonds is 5. The Bertz CT molecular complexity index is 688. The van der Waals surface area contributed by atoms with Gasteiger partial charge >= 0.3 is 0 Å². The van der Waals surface area contributed by atoms with Crippen molar-refractivity contribution >= 4 is 12.4 Å². The zero-order valence-corrected chi connectivity index (χ0v) is 17.3. The molecule has 1 atom stereocenters. The summed E-state index contributed by atoms with van der Waals surface area (Å²) in [4.78, 5) is 4.89. The third-order valence-corrected chi connectivity index (χ3v) is 5.47. The van der Waals surface area contributed by atoms with Gasteiger partial charge < -0.3 is 4.90 Å². The van der Waals surface area contributed by atoms with Gasteiger partial charge in [-0.25, -0.2) is 4.68 Å². The average molecular weight is 379 g/mol. The number of benzene rings is 1. The van der Waals surface area contributed by atoms with Gasteiger partial charge in [-0.1, -0.05) is 36.8 Å². The van der Waals surface area contributed by atoms with E-state index in [0.29, 0.717) is 0 Å². The van der Waals surface area contributed by atoms with Gasteiger partial charge in [-0.2, -0.15) is 0 Å². The van der Waals surface area contributed by atoms with Crippen molar-refractivity contribution in [2.45, 2.75) is 45.7 Å². The van der Waals surface area contributed by atoms with Gasteiger partial charge in [0, 0.05) is 26.2 Å². The van der Waals surface area contributed by atoms with Crippen molar-refractivity contribution < 1.29 is 0 Å². The van der Waals surface area contributed by atoms with Crippen LogP contribution in [0, 0.1) is 6.92 Å². The second-order valence-corrected chi connectivity index (χ2v) is 7.77. The molecule has 1 aliphatic rings. The lowest BCUT2D eigenvalue weighted by molar-refractivity contribution is 0.117. The summed E-state index contributed by atoms with van der Waals surface area (Å²) < 4.78 is 2.02. The number of piperazine rings is 1. The van der Waals surface area contributed by atoms with Crippen LogP contribution in [0.4, 0.5) is 0 Å². The molecule has 2 aromatic rings. The highest BCUT2D eigenvalue weighted by Gasteiger charge is 2.33. The number of hydrogen-bond acceptors (Lipinski definition) is 5. The van der Waals surface area contributed by atoms with Gasteiger partial charge in [-0.3, -0.25) is 4.90 Å². The van der Waals surface area contributed by atoms with Crippen LogP contribution in [-0.2, 0) is 5.54 Å². The zero-order chi connectivity index (χ0) is 18.0. The van der Waals surface area contributed by atoms with Crippen LogP contribution in [-0.4, -0.2) is 63.2 Å². The van der Waals surface area contributed by atoms with Crippen LogP contribution in [0.15, 0.2) is 24.3 Å². The second-order valence-electron chi connectivity index (χ2n) is 7.77. The summed E-state index contributed by atoms with van der Waals surface area (Å²) in [5.74, 6) is 0.945. The number of likely N-dealkylation sites (N-methyl/N-ethyl adjacent to an activating group) is 1. The predicted molar refractivity (Wildman–Crippen MR) is 107 cm³/mol. The van der Waals surface area contributed by atoms with Gasteiger partial charge in [0.05, 0.1) is 11.6 Å². The molecule has 7 heteroatoms. The SMILES string of the molecule is CCC(C)(C)n1nnnc1C(c1ccc(C)cc1)N1CCN(C)CC1.Cl. The number of tetrazole rings is 1. The van der Waals surface area contributed by atoms with Gasteiger partial charge in [0.1, 0.15) is 0 Å². The second kappa shape index (κ2) is 8.46. The monoisotopic (exact) mass is 378 g/mol. The molecule has 0 amide bonds. The van der Waals surface area contributed by atoms with Crippen LogP contribution in [0.1, 0.15) is 50.2 Å².